The summed E-state index contributed by atoms with van der Waals surface area (Å²) in [6, 6.07) is 8.61. The van der Waals surface area contributed by atoms with E-state index in [2.05, 4.69) is 43.3 Å². The molecule has 130 valence electrons. The lowest BCUT2D eigenvalue weighted by Gasteiger charge is -2.07. The van der Waals surface area contributed by atoms with Crippen molar-refractivity contribution in [1.82, 2.24) is 29.1 Å². The summed E-state index contributed by atoms with van der Waals surface area (Å²) in [6.45, 7) is 2.09. The summed E-state index contributed by atoms with van der Waals surface area (Å²) >= 11 is 1.70. The van der Waals surface area contributed by atoms with Crippen LogP contribution in [0, 0.1) is 6.92 Å². The summed E-state index contributed by atoms with van der Waals surface area (Å²) in [5, 5.41) is 9.86. The second-order valence-electron chi connectivity index (χ2n) is 6.59. The van der Waals surface area contributed by atoms with Gasteiger partial charge < -0.3 is 4.40 Å². The highest BCUT2D eigenvalue weighted by Gasteiger charge is 2.30. The number of rotatable bonds is 5. The summed E-state index contributed by atoms with van der Waals surface area (Å²) in [5.74, 6) is 1.69. The van der Waals surface area contributed by atoms with Gasteiger partial charge in [-0.1, -0.05) is 17.8 Å². The van der Waals surface area contributed by atoms with Gasteiger partial charge in [0.25, 0.3) is 0 Å². The first-order valence-corrected chi connectivity index (χ1v) is 9.69. The van der Waals surface area contributed by atoms with Crippen LogP contribution in [0.5, 0.6) is 0 Å². The molecule has 5 rings (SSSR count). The van der Waals surface area contributed by atoms with Gasteiger partial charge in [-0.3, -0.25) is 9.55 Å². The first-order chi connectivity index (χ1) is 12.8. The SMILES string of the molecule is Cc1cccn2cc(CSc3nnc(-c4cccnc4)n3C3CC3)nc12. The highest BCUT2D eigenvalue weighted by atomic mass is 32.2. The highest BCUT2D eigenvalue weighted by Crippen LogP contribution is 2.41. The van der Waals surface area contributed by atoms with Crippen LogP contribution in [0.25, 0.3) is 17.0 Å². The predicted molar refractivity (Wildman–Crippen MR) is 101 cm³/mol. The molecule has 0 unspecified atom stereocenters. The van der Waals surface area contributed by atoms with E-state index in [0.717, 1.165) is 33.6 Å². The summed E-state index contributed by atoms with van der Waals surface area (Å²) in [7, 11) is 0. The lowest BCUT2D eigenvalue weighted by Crippen LogP contribution is -2.00. The molecule has 0 spiro atoms. The molecule has 1 aliphatic carbocycles. The van der Waals surface area contributed by atoms with Crippen LogP contribution < -0.4 is 0 Å². The fourth-order valence-electron chi connectivity index (χ4n) is 3.14. The normalized spacial score (nSPS) is 14.2. The number of pyridine rings is 2. The van der Waals surface area contributed by atoms with Crippen molar-refractivity contribution in [3.8, 4) is 11.4 Å². The molecule has 1 aliphatic rings. The van der Waals surface area contributed by atoms with Gasteiger partial charge in [0.05, 0.1) is 5.69 Å². The maximum absolute atomic E-state index is 4.76. The molecule has 7 heteroatoms. The van der Waals surface area contributed by atoms with Crippen molar-refractivity contribution < 1.29 is 0 Å². The van der Waals surface area contributed by atoms with Crippen LogP contribution >= 0.6 is 11.8 Å². The molecule has 26 heavy (non-hydrogen) atoms. The van der Waals surface area contributed by atoms with Crippen LogP contribution in [0.2, 0.25) is 0 Å². The largest absolute Gasteiger partial charge is 0.307 e. The van der Waals surface area contributed by atoms with Gasteiger partial charge in [-0.05, 0) is 43.5 Å². The van der Waals surface area contributed by atoms with Gasteiger partial charge >= 0.3 is 0 Å². The molecule has 1 saturated carbocycles. The molecule has 0 atom stereocenters. The minimum Gasteiger partial charge on any atom is -0.307 e. The van der Waals surface area contributed by atoms with Crippen molar-refractivity contribution in [3.63, 3.8) is 0 Å². The Morgan fingerprint density at radius 3 is 2.88 bits per heavy atom. The van der Waals surface area contributed by atoms with Crippen molar-refractivity contribution in [2.45, 2.75) is 36.7 Å². The Balaban J connectivity index is 1.43. The quantitative estimate of drug-likeness (QED) is 0.504. The Kier molecular flexibility index (Phi) is 3.74. The van der Waals surface area contributed by atoms with Crippen LogP contribution in [-0.4, -0.2) is 29.1 Å². The van der Waals surface area contributed by atoms with Crippen LogP contribution in [0.3, 0.4) is 0 Å². The molecule has 0 N–H and O–H groups in total. The minimum absolute atomic E-state index is 0.506. The summed E-state index contributed by atoms with van der Waals surface area (Å²) in [5.41, 5.74) is 4.27. The van der Waals surface area contributed by atoms with E-state index >= 15 is 0 Å². The maximum atomic E-state index is 4.76. The van der Waals surface area contributed by atoms with Gasteiger partial charge in [0.2, 0.25) is 0 Å². The monoisotopic (exact) mass is 362 g/mol. The zero-order valence-corrected chi connectivity index (χ0v) is 15.2. The first kappa shape index (κ1) is 15.6. The van der Waals surface area contributed by atoms with E-state index in [-0.39, 0.29) is 0 Å². The van der Waals surface area contributed by atoms with Crippen molar-refractivity contribution in [1.29, 1.82) is 0 Å². The molecule has 1 fully saturated rings. The molecule has 4 heterocycles. The second kappa shape index (κ2) is 6.25. The maximum Gasteiger partial charge on any atom is 0.192 e. The predicted octanol–water partition coefficient (Wildman–Crippen LogP) is 3.92. The summed E-state index contributed by atoms with van der Waals surface area (Å²) < 4.78 is 4.35. The fourth-order valence-corrected chi connectivity index (χ4v) is 4.03. The van der Waals surface area contributed by atoms with E-state index in [9.17, 15) is 0 Å². The van der Waals surface area contributed by atoms with E-state index in [0.29, 0.717) is 6.04 Å². The Labute approximate surface area is 155 Å². The van der Waals surface area contributed by atoms with E-state index < -0.39 is 0 Å². The molecule has 0 aromatic carbocycles. The number of aromatic nitrogens is 6. The number of hydrogen-bond acceptors (Lipinski definition) is 5. The summed E-state index contributed by atoms with van der Waals surface area (Å²) in [6.07, 6.45) is 10.1. The van der Waals surface area contributed by atoms with Gasteiger partial charge in [0, 0.05) is 42.1 Å². The summed E-state index contributed by atoms with van der Waals surface area (Å²) in [4.78, 5) is 8.97. The van der Waals surface area contributed by atoms with Crippen molar-refractivity contribution in [3.05, 3.63) is 60.3 Å². The van der Waals surface area contributed by atoms with Crippen LogP contribution in [-0.2, 0) is 5.75 Å². The molecular formula is C19H18N6S. The lowest BCUT2D eigenvalue weighted by molar-refractivity contribution is 0.669. The molecule has 0 bridgehead atoms. The third-order valence-corrected chi connectivity index (χ3v) is 5.55. The van der Waals surface area contributed by atoms with E-state index in [4.69, 9.17) is 4.98 Å². The average Bonchev–Trinajstić information content (AvgIpc) is 3.27. The van der Waals surface area contributed by atoms with Gasteiger partial charge in [-0.2, -0.15) is 0 Å². The molecule has 4 aromatic heterocycles. The third kappa shape index (κ3) is 2.78. The Morgan fingerprint density at radius 2 is 2.12 bits per heavy atom. The van der Waals surface area contributed by atoms with Crippen LogP contribution in [0.15, 0.2) is 54.2 Å². The zero-order chi connectivity index (χ0) is 17.5. The van der Waals surface area contributed by atoms with Gasteiger partial charge in [0.15, 0.2) is 11.0 Å². The van der Waals surface area contributed by atoms with Gasteiger partial charge in [-0.25, -0.2) is 4.98 Å². The topological polar surface area (TPSA) is 60.9 Å². The Bertz CT molecular complexity index is 1060. The molecule has 6 nitrogen and oxygen atoms in total. The Hall–Kier alpha value is -2.67. The molecule has 0 aliphatic heterocycles. The fraction of sp³-hybridized carbons (Fsp3) is 0.263. The van der Waals surface area contributed by atoms with Crippen LogP contribution in [0.4, 0.5) is 0 Å². The Morgan fingerprint density at radius 1 is 1.19 bits per heavy atom. The number of aryl methyl sites for hydroxylation is 1. The number of nitrogens with zero attached hydrogens (tertiary/aromatic N) is 6. The third-order valence-electron chi connectivity index (χ3n) is 4.57. The van der Waals surface area contributed by atoms with Gasteiger partial charge in [0.1, 0.15) is 5.65 Å². The molecule has 0 amide bonds. The lowest BCUT2D eigenvalue weighted by atomic mass is 10.3. The van der Waals surface area contributed by atoms with E-state index in [1.54, 1.807) is 18.0 Å². The van der Waals surface area contributed by atoms with Crippen molar-refractivity contribution in [2.24, 2.45) is 0 Å². The van der Waals surface area contributed by atoms with Crippen molar-refractivity contribution in [2.75, 3.05) is 0 Å². The number of imidazole rings is 1. The molecule has 0 radical (unpaired) electrons. The van der Waals surface area contributed by atoms with Crippen LogP contribution in [0.1, 0.15) is 30.1 Å². The van der Waals surface area contributed by atoms with Crippen molar-refractivity contribution >= 4 is 17.4 Å². The number of fused-ring (bicyclic) bond motifs is 1. The zero-order valence-electron chi connectivity index (χ0n) is 14.4. The smallest absolute Gasteiger partial charge is 0.192 e. The van der Waals surface area contributed by atoms with E-state index in [1.807, 2.05) is 30.6 Å². The van der Waals surface area contributed by atoms with Gasteiger partial charge in [-0.15, -0.1) is 10.2 Å². The highest BCUT2D eigenvalue weighted by molar-refractivity contribution is 7.98. The standard InChI is InChI=1S/C19H18N6S/c1-13-4-3-9-24-11-15(21-17(13)24)12-26-19-23-22-18(25(19)16-6-7-16)14-5-2-8-20-10-14/h2-5,8-11,16H,6-7,12H2,1H3. The number of thioether (sulfide) groups is 1. The van der Waals surface area contributed by atoms with E-state index in [1.165, 1.54) is 18.4 Å². The average molecular weight is 362 g/mol. The second-order valence-corrected chi connectivity index (χ2v) is 7.53. The molecule has 0 saturated heterocycles. The molecular weight excluding hydrogens is 344 g/mol. The minimum atomic E-state index is 0.506. The first-order valence-electron chi connectivity index (χ1n) is 8.71. The molecule has 4 aromatic rings. The number of hydrogen-bond donors (Lipinski definition) is 0.